The van der Waals surface area contributed by atoms with Crippen molar-refractivity contribution in [2.45, 2.75) is 63.7 Å². The van der Waals surface area contributed by atoms with Gasteiger partial charge in [0.05, 0.1) is 26.4 Å². The van der Waals surface area contributed by atoms with Crippen molar-refractivity contribution < 1.29 is 19.1 Å². The molecule has 1 atom stereocenters. The first-order valence-corrected chi connectivity index (χ1v) is 12.3. The number of carbonyl (C=O) groups excluding carboxylic acids is 2. The molecule has 0 N–H and O–H groups in total. The largest absolute Gasteiger partial charge is 0.497 e. The van der Waals surface area contributed by atoms with Crippen molar-refractivity contribution in [3.8, 4) is 5.75 Å². The van der Waals surface area contributed by atoms with E-state index < -0.39 is 0 Å². The lowest BCUT2D eigenvalue weighted by atomic mass is 9.94. The second kappa shape index (κ2) is 12.0. The Kier molecular flexibility index (Phi) is 8.52. The van der Waals surface area contributed by atoms with Gasteiger partial charge in [-0.2, -0.15) is 0 Å². The minimum Gasteiger partial charge on any atom is -0.497 e. The number of amides is 2. The Labute approximate surface area is 202 Å². The van der Waals surface area contributed by atoms with Gasteiger partial charge in [-0.15, -0.1) is 0 Å². The van der Waals surface area contributed by atoms with E-state index in [1.807, 2.05) is 41.3 Å². The zero-order valence-corrected chi connectivity index (χ0v) is 20.0. The second-order valence-electron chi connectivity index (χ2n) is 9.25. The van der Waals surface area contributed by atoms with Gasteiger partial charge in [0, 0.05) is 37.9 Å². The third-order valence-corrected chi connectivity index (χ3v) is 6.84. The van der Waals surface area contributed by atoms with Crippen molar-refractivity contribution in [2.75, 3.05) is 26.7 Å². The van der Waals surface area contributed by atoms with E-state index in [1.54, 1.807) is 24.4 Å². The predicted molar refractivity (Wildman–Crippen MR) is 129 cm³/mol. The van der Waals surface area contributed by atoms with Crippen molar-refractivity contribution in [3.05, 3.63) is 59.9 Å². The maximum atomic E-state index is 13.3. The summed E-state index contributed by atoms with van der Waals surface area (Å²) in [6.45, 7) is 1.53. The van der Waals surface area contributed by atoms with Crippen LogP contribution in [0.25, 0.3) is 0 Å². The Bertz CT molecular complexity index is 946. The zero-order valence-electron chi connectivity index (χ0n) is 20.0. The first-order chi connectivity index (χ1) is 16.6. The van der Waals surface area contributed by atoms with Crippen LogP contribution in [0.5, 0.6) is 5.75 Å². The standard InChI is InChI=1S/C27H35N3O4/c1-33-24-9-5-6-21(16-24)10-11-26(31)29-17-25(34-20-22-12-14-28-15-13-22)18-30(27(32)19-29)23-7-3-2-4-8-23/h5-6,9,12-16,23,25H,2-4,7-8,10-11,17-20H2,1H3/t25-/m0/s1. The lowest BCUT2D eigenvalue weighted by Gasteiger charge is -2.34. The minimum absolute atomic E-state index is 0.0147. The Morgan fingerprint density at radius 1 is 1.06 bits per heavy atom. The molecule has 2 amide bonds. The van der Waals surface area contributed by atoms with Gasteiger partial charge in [0.1, 0.15) is 5.75 Å². The summed E-state index contributed by atoms with van der Waals surface area (Å²) < 4.78 is 11.5. The molecule has 2 heterocycles. The summed E-state index contributed by atoms with van der Waals surface area (Å²) >= 11 is 0. The first kappa shape index (κ1) is 24.2. The Morgan fingerprint density at radius 3 is 2.62 bits per heavy atom. The molecule has 2 aliphatic rings. The Morgan fingerprint density at radius 2 is 1.85 bits per heavy atom. The topological polar surface area (TPSA) is 72.0 Å². The highest BCUT2D eigenvalue weighted by molar-refractivity contribution is 5.85. The highest BCUT2D eigenvalue weighted by Gasteiger charge is 2.34. The number of benzene rings is 1. The number of aryl methyl sites for hydroxylation is 1. The molecule has 0 spiro atoms. The SMILES string of the molecule is COc1cccc(CCC(=O)N2CC(=O)N(C3CCCCC3)C[C@@H](OCc3ccncc3)C2)c1. The van der Waals surface area contributed by atoms with Crippen LogP contribution < -0.4 is 4.74 Å². The van der Waals surface area contributed by atoms with Crippen LogP contribution in [-0.4, -0.2) is 65.5 Å². The van der Waals surface area contributed by atoms with Crippen LogP contribution in [-0.2, 0) is 27.4 Å². The normalized spacial score (nSPS) is 19.7. The molecule has 1 saturated heterocycles. The first-order valence-electron chi connectivity index (χ1n) is 12.3. The third-order valence-electron chi connectivity index (χ3n) is 6.84. The number of carbonyl (C=O) groups is 2. The summed E-state index contributed by atoms with van der Waals surface area (Å²) in [5.41, 5.74) is 2.08. The van der Waals surface area contributed by atoms with Crippen LogP contribution in [0.1, 0.15) is 49.7 Å². The molecule has 1 saturated carbocycles. The molecular formula is C27H35N3O4. The number of methoxy groups -OCH3 is 1. The van der Waals surface area contributed by atoms with E-state index in [0.717, 1.165) is 42.6 Å². The number of hydrogen-bond donors (Lipinski definition) is 0. The van der Waals surface area contributed by atoms with E-state index in [-0.39, 0.29) is 30.5 Å². The van der Waals surface area contributed by atoms with E-state index in [1.165, 1.54) is 6.42 Å². The van der Waals surface area contributed by atoms with Crippen molar-refractivity contribution >= 4 is 11.8 Å². The number of nitrogens with zero attached hydrogens (tertiary/aromatic N) is 3. The number of hydrogen-bond acceptors (Lipinski definition) is 5. The van der Waals surface area contributed by atoms with Gasteiger partial charge in [0.2, 0.25) is 11.8 Å². The van der Waals surface area contributed by atoms with Crippen LogP contribution in [0.3, 0.4) is 0 Å². The molecule has 182 valence electrons. The van der Waals surface area contributed by atoms with Gasteiger partial charge in [0.15, 0.2) is 0 Å². The van der Waals surface area contributed by atoms with Gasteiger partial charge in [0.25, 0.3) is 0 Å². The van der Waals surface area contributed by atoms with Crippen LogP contribution in [0, 0.1) is 0 Å². The van der Waals surface area contributed by atoms with Gasteiger partial charge in [-0.1, -0.05) is 31.4 Å². The monoisotopic (exact) mass is 465 g/mol. The summed E-state index contributed by atoms with van der Waals surface area (Å²) in [5, 5.41) is 0. The molecule has 7 heteroatoms. The van der Waals surface area contributed by atoms with Crippen LogP contribution in [0.4, 0.5) is 0 Å². The van der Waals surface area contributed by atoms with Gasteiger partial charge in [-0.3, -0.25) is 14.6 Å². The van der Waals surface area contributed by atoms with Crippen molar-refractivity contribution in [1.29, 1.82) is 0 Å². The fraction of sp³-hybridized carbons (Fsp3) is 0.519. The molecule has 7 nitrogen and oxygen atoms in total. The third kappa shape index (κ3) is 6.56. The average Bonchev–Trinajstić information content (AvgIpc) is 3.06. The fourth-order valence-electron chi connectivity index (χ4n) is 4.91. The molecule has 2 aromatic rings. The molecule has 0 radical (unpaired) electrons. The van der Waals surface area contributed by atoms with E-state index in [2.05, 4.69) is 4.98 Å². The van der Waals surface area contributed by atoms with Crippen molar-refractivity contribution in [1.82, 2.24) is 14.8 Å². The average molecular weight is 466 g/mol. The Balaban J connectivity index is 1.43. The summed E-state index contributed by atoms with van der Waals surface area (Å²) in [6.07, 6.45) is 9.84. The molecule has 1 aromatic heterocycles. The highest BCUT2D eigenvalue weighted by Crippen LogP contribution is 2.25. The number of ether oxygens (including phenoxy) is 2. The predicted octanol–water partition coefficient (Wildman–Crippen LogP) is 3.61. The molecule has 1 aliphatic heterocycles. The van der Waals surface area contributed by atoms with E-state index in [4.69, 9.17) is 9.47 Å². The van der Waals surface area contributed by atoms with Crippen molar-refractivity contribution in [3.63, 3.8) is 0 Å². The van der Waals surface area contributed by atoms with Crippen LogP contribution in [0.2, 0.25) is 0 Å². The quantitative estimate of drug-likeness (QED) is 0.596. The highest BCUT2D eigenvalue weighted by atomic mass is 16.5. The molecule has 34 heavy (non-hydrogen) atoms. The molecule has 1 aromatic carbocycles. The van der Waals surface area contributed by atoms with Crippen LogP contribution in [0.15, 0.2) is 48.8 Å². The summed E-state index contributed by atoms with van der Waals surface area (Å²) in [5.74, 6) is 0.804. The van der Waals surface area contributed by atoms with Crippen molar-refractivity contribution in [2.24, 2.45) is 0 Å². The maximum absolute atomic E-state index is 13.3. The lowest BCUT2D eigenvalue weighted by molar-refractivity contribution is -0.140. The maximum Gasteiger partial charge on any atom is 0.242 e. The molecule has 2 fully saturated rings. The number of rotatable bonds is 8. The smallest absolute Gasteiger partial charge is 0.242 e. The molecular weight excluding hydrogens is 430 g/mol. The van der Waals surface area contributed by atoms with E-state index in [9.17, 15) is 9.59 Å². The number of aromatic nitrogens is 1. The minimum atomic E-state index is -0.220. The van der Waals surface area contributed by atoms with Gasteiger partial charge >= 0.3 is 0 Å². The molecule has 0 bridgehead atoms. The molecule has 1 aliphatic carbocycles. The van der Waals surface area contributed by atoms with Gasteiger partial charge < -0.3 is 19.3 Å². The van der Waals surface area contributed by atoms with E-state index in [0.29, 0.717) is 32.5 Å². The lowest BCUT2D eigenvalue weighted by Crippen LogP contribution is -2.46. The summed E-state index contributed by atoms with van der Waals surface area (Å²) in [6, 6.07) is 11.9. The van der Waals surface area contributed by atoms with Gasteiger partial charge in [-0.25, -0.2) is 0 Å². The summed E-state index contributed by atoms with van der Waals surface area (Å²) in [7, 11) is 1.64. The number of pyridine rings is 1. The second-order valence-corrected chi connectivity index (χ2v) is 9.25. The zero-order chi connectivity index (χ0) is 23.8. The van der Waals surface area contributed by atoms with E-state index >= 15 is 0 Å². The van der Waals surface area contributed by atoms with Gasteiger partial charge in [-0.05, 0) is 54.7 Å². The molecule has 0 unspecified atom stereocenters. The summed E-state index contributed by atoms with van der Waals surface area (Å²) in [4.78, 5) is 34.2. The fourth-order valence-corrected chi connectivity index (χ4v) is 4.91. The van der Waals surface area contributed by atoms with Crippen LogP contribution >= 0.6 is 0 Å². The molecule has 4 rings (SSSR count). The Hall–Kier alpha value is -2.93.